The molecule has 0 saturated heterocycles. The maximum Gasteiger partial charge on any atom is 0.160 e. The van der Waals surface area contributed by atoms with Gasteiger partial charge in [-0.3, -0.25) is 4.98 Å². The van der Waals surface area contributed by atoms with E-state index >= 15 is 0 Å². The van der Waals surface area contributed by atoms with Crippen molar-refractivity contribution in [1.82, 2.24) is 15.0 Å². The lowest BCUT2D eigenvalue weighted by molar-refractivity contribution is 1.18. The summed E-state index contributed by atoms with van der Waals surface area (Å²) >= 11 is 0. The molecule has 0 aliphatic heterocycles. The number of pyridine rings is 1. The van der Waals surface area contributed by atoms with E-state index in [9.17, 15) is 0 Å². The molecule has 3 heteroatoms. The minimum absolute atomic E-state index is 0.692. The monoisotopic (exact) mass is 635 g/mol. The fraction of sp³-hybridized carbons (Fsp3) is 0. The Balaban J connectivity index is 1.12. The van der Waals surface area contributed by atoms with Crippen LogP contribution in [-0.2, 0) is 0 Å². The maximum atomic E-state index is 5.20. The maximum absolute atomic E-state index is 5.20. The van der Waals surface area contributed by atoms with Gasteiger partial charge in [0.1, 0.15) is 0 Å². The predicted octanol–water partition coefficient (Wildman–Crippen LogP) is 12.3. The van der Waals surface area contributed by atoms with Gasteiger partial charge in [-0.25, -0.2) is 9.97 Å². The first kappa shape index (κ1) is 28.3. The minimum Gasteiger partial charge on any atom is -0.256 e. The molecule has 0 bridgehead atoms. The van der Waals surface area contributed by atoms with Crippen molar-refractivity contribution in [3.8, 4) is 45.0 Å². The summed E-state index contributed by atoms with van der Waals surface area (Å²) in [6, 6.07) is 60.4. The third kappa shape index (κ3) is 4.96. The first-order chi connectivity index (χ1) is 24.7. The van der Waals surface area contributed by atoms with Gasteiger partial charge >= 0.3 is 0 Å². The standard InChI is InChI=1S/C47H29N3/c1-3-9-35-25-41-27-39(20-18-37(41)23-33(35)7-1)44-29-45(40-21-19-38-24-34-8-2-4-10-36(34)26-42(38)28-40)50-47(49-44)32-16-14-30(15-17-32)43-13-5-11-31-12-6-22-48-46(31)43/h1-29H. The average Bonchev–Trinajstić information content (AvgIpc) is 3.18. The van der Waals surface area contributed by atoms with Gasteiger partial charge in [0.15, 0.2) is 5.82 Å². The normalized spacial score (nSPS) is 11.6. The van der Waals surface area contributed by atoms with Gasteiger partial charge in [0, 0.05) is 33.8 Å². The van der Waals surface area contributed by atoms with Gasteiger partial charge in [0.25, 0.3) is 0 Å². The molecular weight excluding hydrogens is 607 g/mol. The Morgan fingerprint density at radius 1 is 0.300 bits per heavy atom. The number of para-hydroxylation sites is 1. The van der Waals surface area contributed by atoms with E-state index in [1.54, 1.807) is 0 Å². The number of rotatable bonds is 4. The Kier molecular flexibility index (Phi) is 6.49. The lowest BCUT2D eigenvalue weighted by atomic mass is 9.98. The van der Waals surface area contributed by atoms with Gasteiger partial charge in [-0.1, -0.05) is 121 Å². The van der Waals surface area contributed by atoms with E-state index in [1.165, 1.54) is 43.1 Å². The van der Waals surface area contributed by atoms with E-state index < -0.39 is 0 Å². The Hall–Kier alpha value is -6.71. The number of benzene rings is 8. The lowest BCUT2D eigenvalue weighted by Gasteiger charge is -2.12. The van der Waals surface area contributed by atoms with Crippen LogP contribution < -0.4 is 0 Å². The summed E-state index contributed by atoms with van der Waals surface area (Å²) in [7, 11) is 0. The molecular formula is C47H29N3. The second-order valence-electron chi connectivity index (χ2n) is 12.9. The molecule has 0 saturated carbocycles. The first-order valence-corrected chi connectivity index (χ1v) is 16.9. The largest absolute Gasteiger partial charge is 0.256 e. The second-order valence-corrected chi connectivity index (χ2v) is 12.9. The molecule has 0 fully saturated rings. The smallest absolute Gasteiger partial charge is 0.160 e. The number of nitrogens with zero attached hydrogens (tertiary/aromatic N) is 3. The Morgan fingerprint density at radius 3 is 1.34 bits per heavy atom. The van der Waals surface area contributed by atoms with E-state index in [1.807, 2.05) is 12.3 Å². The number of fused-ring (bicyclic) bond motifs is 5. The van der Waals surface area contributed by atoms with E-state index in [-0.39, 0.29) is 0 Å². The Morgan fingerprint density at radius 2 is 0.760 bits per heavy atom. The molecule has 2 aromatic heterocycles. The first-order valence-electron chi connectivity index (χ1n) is 16.9. The zero-order chi connectivity index (χ0) is 33.0. The summed E-state index contributed by atoms with van der Waals surface area (Å²) in [4.78, 5) is 15.1. The number of hydrogen-bond acceptors (Lipinski definition) is 3. The fourth-order valence-electron chi connectivity index (χ4n) is 7.21. The highest BCUT2D eigenvalue weighted by Gasteiger charge is 2.13. The minimum atomic E-state index is 0.692. The Labute approximate surface area is 289 Å². The molecule has 0 atom stereocenters. The molecule has 50 heavy (non-hydrogen) atoms. The number of aromatic nitrogens is 3. The molecule has 0 aliphatic rings. The summed E-state index contributed by atoms with van der Waals surface area (Å²) in [5.41, 5.74) is 8.07. The summed E-state index contributed by atoms with van der Waals surface area (Å²) in [5, 5.41) is 10.9. The summed E-state index contributed by atoms with van der Waals surface area (Å²) in [5.74, 6) is 0.692. The van der Waals surface area contributed by atoms with Crippen molar-refractivity contribution in [2.75, 3.05) is 0 Å². The highest BCUT2D eigenvalue weighted by atomic mass is 14.9. The van der Waals surface area contributed by atoms with Crippen LogP contribution >= 0.6 is 0 Å². The summed E-state index contributed by atoms with van der Waals surface area (Å²) < 4.78 is 0. The molecule has 0 spiro atoms. The molecule has 10 aromatic rings. The fourth-order valence-corrected chi connectivity index (χ4v) is 7.21. The number of hydrogen-bond donors (Lipinski definition) is 0. The average molecular weight is 636 g/mol. The SMILES string of the molecule is c1ccc2cc3cc(-c4cc(-c5ccc6cc7ccccc7cc6c5)nc(-c5ccc(-c6cccc7cccnc67)cc5)n4)ccc3cc2c1. The van der Waals surface area contributed by atoms with Crippen LogP contribution in [-0.4, -0.2) is 15.0 Å². The van der Waals surface area contributed by atoms with Crippen LogP contribution in [0.4, 0.5) is 0 Å². The molecule has 8 aromatic carbocycles. The third-order valence-electron chi connectivity index (χ3n) is 9.81. The Bertz CT molecular complexity index is 2780. The van der Waals surface area contributed by atoms with Crippen molar-refractivity contribution >= 4 is 54.0 Å². The quantitative estimate of drug-likeness (QED) is 0.181. The van der Waals surface area contributed by atoms with Crippen molar-refractivity contribution in [2.24, 2.45) is 0 Å². The van der Waals surface area contributed by atoms with E-state index in [4.69, 9.17) is 9.97 Å². The van der Waals surface area contributed by atoms with E-state index in [0.717, 1.165) is 50.1 Å². The van der Waals surface area contributed by atoms with Crippen molar-refractivity contribution < 1.29 is 0 Å². The van der Waals surface area contributed by atoms with Crippen molar-refractivity contribution in [3.05, 3.63) is 176 Å². The zero-order valence-electron chi connectivity index (χ0n) is 27.1. The summed E-state index contributed by atoms with van der Waals surface area (Å²) in [6.07, 6.45) is 1.85. The molecule has 3 nitrogen and oxygen atoms in total. The predicted molar refractivity (Wildman–Crippen MR) is 209 cm³/mol. The second kappa shape index (κ2) is 11.5. The third-order valence-corrected chi connectivity index (χ3v) is 9.81. The van der Waals surface area contributed by atoms with Crippen LogP contribution in [0.1, 0.15) is 0 Å². The molecule has 10 rings (SSSR count). The highest BCUT2D eigenvalue weighted by molar-refractivity contribution is 6.01. The van der Waals surface area contributed by atoms with Crippen molar-refractivity contribution in [2.45, 2.75) is 0 Å². The van der Waals surface area contributed by atoms with Crippen molar-refractivity contribution in [1.29, 1.82) is 0 Å². The molecule has 0 amide bonds. The highest BCUT2D eigenvalue weighted by Crippen LogP contribution is 2.34. The van der Waals surface area contributed by atoms with Gasteiger partial charge in [0.2, 0.25) is 0 Å². The molecule has 0 unspecified atom stereocenters. The van der Waals surface area contributed by atoms with Gasteiger partial charge in [-0.15, -0.1) is 0 Å². The van der Waals surface area contributed by atoms with Crippen LogP contribution in [0.25, 0.3) is 99.0 Å². The van der Waals surface area contributed by atoms with Gasteiger partial charge < -0.3 is 0 Å². The van der Waals surface area contributed by atoms with Gasteiger partial charge in [0.05, 0.1) is 16.9 Å². The zero-order valence-corrected chi connectivity index (χ0v) is 27.1. The molecule has 0 aliphatic carbocycles. The molecule has 232 valence electrons. The van der Waals surface area contributed by atoms with Crippen LogP contribution in [0.15, 0.2) is 176 Å². The van der Waals surface area contributed by atoms with Crippen LogP contribution in [0.2, 0.25) is 0 Å². The topological polar surface area (TPSA) is 38.7 Å². The van der Waals surface area contributed by atoms with E-state index in [0.29, 0.717) is 5.82 Å². The van der Waals surface area contributed by atoms with Gasteiger partial charge in [-0.2, -0.15) is 0 Å². The van der Waals surface area contributed by atoms with Crippen molar-refractivity contribution in [3.63, 3.8) is 0 Å². The van der Waals surface area contributed by atoms with Crippen LogP contribution in [0.3, 0.4) is 0 Å². The van der Waals surface area contributed by atoms with Gasteiger partial charge in [-0.05, 0) is 97.2 Å². The van der Waals surface area contributed by atoms with E-state index in [2.05, 4.69) is 169 Å². The van der Waals surface area contributed by atoms with Crippen LogP contribution in [0.5, 0.6) is 0 Å². The lowest BCUT2D eigenvalue weighted by Crippen LogP contribution is -1.96. The summed E-state index contributed by atoms with van der Waals surface area (Å²) in [6.45, 7) is 0. The van der Waals surface area contributed by atoms with Crippen LogP contribution in [0, 0.1) is 0 Å². The molecule has 0 N–H and O–H groups in total. The molecule has 0 radical (unpaired) electrons. The molecule has 2 heterocycles.